The van der Waals surface area contributed by atoms with E-state index in [0.29, 0.717) is 12.0 Å². The van der Waals surface area contributed by atoms with Crippen LogP contribution in [0.25, 0.3) is 11.1 Å². The van der Waals surface area contributed by atoms with Crippen LogP contribution in [0.1, 0.15) is 18.7 Å². The molecule has 1 aliphatic heterocycles. The van der Waals surface area contributed by atoms with Gasteiger partial charge >= 0.3 is 0 Å². The normalized spacial score (nSPS) is 16.0. The van der Waals surface area contributed by atoms with Crippen LogP contribution in [-0.2, 0) is 0 Å². The van der Waals surface area contributed by atoms with Crippen molar-refractivity contribution in [3.63, 3.8) is 0 Å². The summed E-state index contributed by atoms with van der Waals surface area (Å²) in [5, 5.41) is 0. The van der Waals surface area contributed by atoms with E-state index in [2.05, 4.69) is 22.0 Å². The number of oxazole rings is 1. The monoisotopic (exact) mass is 308 g/mol. The first kappa shape index (κ1) is 14.1. The van der Waals surface area contributed by atoms with Gasteiger partial charge in [0.25, 0.3) is 0 Å². The van der Waals surface area contributed by atoms with Crippen molar-refractivity contribution < 1.29 is 9.15 Å². The number of para-hydroxylation sites is 1. The van der Waals surface area contributed by atoms with Gasteiger partial charge in [-0.05, 0) is 24.3 Å². The predicted molar refractivity (Wildman–Crippen MR) is 91.1 cm³/mol. The number of ether oxygens (including phenoxy) is 1. The third kappa shape index (κ3) is 3.02. The lowest BCUT2D eigenvalue weighted by atomic mass is 10.1. The van der Waals surface area contributed by atoms with Gasteiger partial charge in [-0.2, -0.15) is 0 Å². The highest BCUT2D eigenvalue weighted by molar-refractivity contribution is 5.77. The fourth-order valence-electron chi connectivity index (χ4n) is 3.15. The van der Waals surface area contributed by atoms with E-state index < -0.39 is 0 Å². The van der Waals surface area contributed by atoms with Crippen LogP contribution in [0.5, 0.6) is 5.75 Å². The summed E-state index contributed by atoms with van der Waals surface area (Å²) >= 11 is 0. The Morgan fingerprint density at radius 3 is 2.65 bits per heavy atom. The molecule has 0 atom stereocenters. The highest BCUT2D eigenvalue weighted by Gasteiger charge is 2.21. The summed E-state index contributed by atoms with van der Waals surface area (Å²) in [5.41, 5.74) is 2.99. The van der Waals surface area contributed by atoms with Gasteiger partial charge in [-0.25, -0.2) is 4.98 Å². The van der Waals surface area contributed by atoms with E-state index in [1.54, 1.807) is 0 Å². The van der Waals surface area contributed by atoms with E-state index in [1.165, 1.54) is 5.69 Å². The van der Waals surface area contributed by atoms with Crippen molar-refractivity contribution in [2.75, 3.05) is 18.0 Å². The van der Waals surface area contributed by atoms with Gasteiger partial charge in [0.15, 0.2) is 11.5 Å². The summed E-state index contributed by atoms with van der Waals surface area (Å²) in [6.07, 6.45) is 2.36. The zero-order valence-electron chi connectivity index (χ0n) is 13.2. The topological polar surface area (TPSA) is 38.5 Å². The molecular formula is C19H20N2O2. The summed E-state index contributed by atoms with van der Waals surface area (Å²) < 4.78 is 11.7. The van der Waals surface area contributed by atoms with Crippen molar-refractivity contribution in [3.8, 4) is 5.75 Å². The van der Waals surface area contributed by atoms with Gasteiger partial charge in [-0.15, -0.1) is 0 Å². The van der Waals surface area contributed by atoms with Gasteiger partial charge in [0.1, 0.15) is 17.4 Å². The molecule has 0 aliphatic carbocycles. The van der Waals surface area contributed by atoms with E-state index in [1.807, 2.05) is 43.3 Å². The first-order valence-corrected chi connectivity index (χ1v) is 8.12. The molecule has 2 aromatic carbocycles. The van der Waals surface area contributed by atoms with Gasteiger partial charge in [-0.3, -0.25) is 0 Å². The molecule has 4 rings (SSSR count). The van der Waals surface area contributed by atoms with Crippen LogP contribution in [0.4, 0.5) is 5.69 Å². The predicted octanol–water partition coefficient (Wildman–Crippen LogP) is 4.18. The van der Waals surface area contributed by atoms with E-state index in [-0.39, 0.29) is 0 Å². The largest absolute Gasteiger partial charge is 0.490 e. The van der Waals surface area contributed by atoms with Crippen LogP contribution in [0.2, 0.25) is 0 Å². The van der Waals surface area contributed by atoms with Crippen molar-refractivity contribution in [2.24, 2.45) is 0 Å². The lowest BCUT2D eigenvalue weighted by molar-refractivity contribution is 0.171. The first-order valence-electron chi connectivity index (χ1n) is 8.12. The second-order valence-corrected chi connectivity index (χ2v) is 6.00. The number of aromatic nitrogens is 1. The second-order valence-electron chi connectivity index (χ2n) is 6.00. The molecule has 3 aromatic rings. The summed E-state index contributed by atoms with van der Waals surface area (Å²) in [6, 6.07) is 16.3. The van der Waals surface area contributed by atoms with E-state index in [9.17, 15) is 0 Å². The molecule has 23 heavy (non-hydrogen) atoms. The molecular weight excluding hydrogens is 288 g/mol. The lowest BCUT2D eigenvalue weighted by Gasteiger charge is -2.33. The summed E-state index contributed by atoms with van der Waals surface area (Å²) in [7, 11) is 0. The molecule has 0 amide bonds. The summed E-state index contributed by atoms with van der Waals surface area (Å²) in [5.74, 6) is 1.68. The molecule has 118 valence electrons. The lowest BCUT2D eigenvalue weighted by Crippen LogP contribution is -2.38. The van der Waals surface area contributed by atoms with Gasteiger partial charge < -0.3 is 14.1 Å². The van der Waals surface area contributed by atoms with Crippen molar-refractivity contribution in [1.29, 1.82) is 0 Å². The molecule has 0 unspecified atom stereocenters. The van der Waals surface area contributed by atoms with Gasteiger partial charge in [0.2, 0.25) is 0 Å². The van der Waals surface area contributed by atoms with Crippen LogP contribution in [0.3, 0.4) is 0 Å². The highest BCUT2D eigenvalue weighted by Crippen LogP contribution is 2.26. The van der Waals surface area contributed by atoms with Crippen molar-refractivity contribution in [2.45, 2.75) is 25.9 Å². The van der Waals surface area contributed by atoms with Crippen molar-refractivity contribution in [1.82, 2.24) is 4.98 Å². The Kier molecular flexibility index (Phi) is 3.66. The molecule has 1 fully saturated rings. The molecule has 4 nitrogen and oxygen atoms in total. The standard InChI is InChI=1S/C19H20N2O2/c1-14-20-18-8-7-15(13-19(18)22-14)21-11-9-17(10-12-21)23-16-5-3-2-4-6-16/h2-8,13,17H,9-12H2,1H3. The third-order valence-electron chi connectivity index (χ3n) is 4.33. The van der Waals surface area contributed by atoms with Crippen LogP contribution in [0, 0.1) is 6.92 Å². The number of hydrogen-bond acceptors (Lipinski definition) is 4. The number of nitrogens with zero attached hydrogens (tertiary/aromatic N) is 2. The minimum Gasteiger partial charge on any atom is -0.490 e. The molecule has 1 saturated heterocycles. The number of rotatable bonds is 3. The maximum absolute atomic E-state index is 6.06. The average molecular weight is 308 g/mol. The summed E-state index contributed by atoms with van der Waals surface area (Å²) in [4.78, 5) is 6.74. The molecule has 2 heterocycles. The fourth-order valence-corrected chi connectivity index (χ4v) is 3.15. The Morgan fingerprint density at radius 2 is 1.87 bits per heavy atom. The SMILES string of the molecule is Cc1nc2ccc(N3CCC(Oc4ccccc4)CC3)cc2o1. The molecule has 4 heteroatoms. The number of piperidine rings is 1. The summed E-state index contributed by atoms with van der Waals surface area (Å²) in [6.45, 7) is 3.87. The van der Waals surface area contributed by atoms with Gasteiger partial charge in [0.05, 0.1) is 0 Å². The minimum absolute atomic E-state index is 0.296. The fraction of sp³-hybridized carbons (Fsp3) is 0.316. The van der Waals surface area contributed by atoms with Gasteiger partial charge in [0, 0.05) is 44.6 Å². The number of aryl methyl sites for hydroxylation is 1. The molecule has 1 aliphatic rings. The average Bonchev–Trinajstić information content (AvgIpc) is 2.95. The maximum atomic E-state index is 6.06. The van der Waals surface area contributed by atoms with Crippen LogP contribution in [0.15, 0.2) is 52.9 Å². The second kappa shape index (κ2) is 5.95. The first-order chi connectivity index (χ1) is 11.3. The van der Waals surface area contributed by atoms with Crippen LogP contribution < -0.4 is 9.64 Å². The van der Waals surface area contributed by atoms with Crippen LogP contribution in [-0.4, -0.2) is 24.2 Å². The highest BCUT2D eigenvalue weighted by atomic mass is 16.5. The Hall–Kier alpha value is -2.49. The zero-order chi connectivity index (χ0) is 15.6. The Bertz CT molecular complexity index is 789. The molecule has 0 spiro atoms. The molecule has 1 aromatic heterocycles. The molecule has 0 bridgehead atoms. The smallest absolute Gasteiger partial charge is 0.192 e. The van der Waals surface area contributed by atoms with Crippen LogP contribution >= 0.6 is 0 Å². The van der Waals surface area contributed by atoms with E-state index in [0.717, 1.165) is 42.8 Å². The third-order valence-corrected chi connectivity index (χ3v) is 4.33. The van der Waals surface area contributed by atoms with E-state index >= 15 is 0 Å². The quantitative estimate of drug-likeness (QED) is 0.727. The Balaban J connectivity index is 1.42. The Labute approximate surface area is 135 Å². The number of anilines is 1. The van der Waals surface area contributed by atoms with E-state index in [4.69, 9.17) is 9.15 Å². The Morgan fingerprint density at radius 1 is 1.09 bits per heavy atom. The molecule has 0 radical (unpaired) electrons. The van der Waals surface area contributed by atoms with Crippen molar-refractivity contribution >= 4 is 16.8 Å². The number of hydrogen-bond donors (Lipinski definition) is 0. The number of benzene rings is 2. The molecule has 0 saturated carbocycles. The minimum atomic E-state index is 0.296. The zero-order valence-corrected chi connectivity index (χ0v) is 13.2. The van der Waals surface area contributed by atoms with Crippen molar-refractivity contribution in [3.05, 3.63) is 54.4 Å². The van der Waals surface area contributed by atoms with Gasteiger partial charge in [-0.1, -0.05) is 18.2 Å². The number of fused-ring (bicyclic) bond motifs is 1. The maximum Gasteiger partial charge on any atom is 0.192 e. The molecule has 0 N–H and O–H groups in total.